The van der Waals surface area contributed by atoms with Crippen molar-refractivity contribution in [1.82, 2.24) is 0 Å². The molecule has 1 aromatic carbocycles. The van der Waals surface area contributed by atoms with E-state index in [1.165, 1.54) is 0 Å². The fraction of sp³-hybridized carbons (Fsp3) is 0.353. The van der Waals surface area contributed by atoms with Crippen molar-refractivity contribution in [2.24, 2.45) is 0 Å². The van der Waals surface area contributed by atoms with E-state index < -0.39 is 5.41 Å². The van der Waals surface area contributed by atoms with Crippen molar-refractivity contribution in [3.8, 4) is 0 Å². The van der Waals surface area contributed by atoms with E-state index in [-0.39, 0.29) is 5.97 Å². The molecule has 1 aromatic heterocycles. The van der Waals surface area contributed by atoms with Crippen LogP contribution in [0.15, 0.2) is 47.1 Å². The van der Waals surface area contributed by atoms with Gasteiger partial charge in [0.25, 0.3) is 0 Å². The van der Waals surface area contributed by atoms with E-state index in [9.17, 15) is 4.79 Å². The minimum atomic E-state index is -0.737. The van der Waals surface area contributed by atoms with Gasteiger partial charge in [0.1, 0.15) is 5.76 Å². The highest BCUT2D eigenvalue weighted by Crippen LogP contribution is 2.32. The van der Waals surface area contributed by atoms with Crippen LogP contribution in [0.5, 0.6) is 0 Å². The number of hydrogen-bond acceptors (Lipinski definition) is 3. The molecule has 0 spiro atoms. The fourth-order valence-electron chi connectivity index (χ4n) is 2.52. The van der Waals surface area contributed by atoms with Gasteiger partial charge >= 0.3 is 5.97 Å². The zero-order chi connectivity index (χ0) is 14.6. The van der Waals surface area contributed by atoms with E-state index in [0.717, 1.165) is 16.9 Å². The van der Waals surface area contributed by atoms with E-state index in [4.69, 9.17) is 9.15 Å². The number of ether oxygens (including phenoxy) is 1. The van der Waals surface area contributed by atoms with E-state index in [1.54, 1.807) is 6.26 Å². The summed E-state index contributed by atoms with van der Waals surface area (Å²) in [5.74, 6) is 0.564. The summed E-state index contributed by atoms with van der Waals surface area (Å²) in [6, 6.07) is 11.6. The molecule has 1 unspecified atom stereocenters. The molecule has 0 saturated carbocycles. The molecule has 0 amide bonds. The maximum atomic E-state index is 12.5. The van der Waals surface area contributed by atoms with Gasteiger partial charge < -0.3 is 9.15 Å². The number of carbonyl (C=O) groups is 1. The second kappa shape index (κ2) is 5.95. The molecule has 0 aliphatic heterocycles. The third-order valence-electron chi connectivity index (χ3n) is 3.57. The van der Waals surface area contributed by atoms with Crippen LogP contribution in [-0.4, -0.2) is 12.6 Å². The number of esters is 1. The van der Waals surface area contributed by atoms with E-state index >= 15 is 0 Å². The van der Waals surface area contributed by atoms with Crippen LogP contribution in [0.25, 0.3) is 0 Å². The maximum absolute atomic E-state index is 12.5. The molecule has 3 heteroatoms. The predicted octanol–water partition coefficient (Wildman–Crippen LogP) is 3.65. The van der Waals surface area contributed by atoms with Crippen LogP contribution in [-0.2, 0) is 21.4 Å². The molecular weight excluding hydrogens is 252 g/mol. The highest BCUT2D eigenvalue weighted by Gasteiger charge is 2.38. The Hall–Kier alpha value is -2.03. The summed E-state index contributed by atoms with van der Waals surface area (Å²) >= 11 is 0. The van der Waals surface area contributed by atoms with Gasteiger partial charge in [-0.1, -0.05) is 24.3 Å². The summed E-state index contributed by atoms with van der Waals surface area (Å²) in [5, 5.41) is 0. The molecule has 2 rings (SSSR count). The molecule has 0 fully saturated rings. The fourth-order valence-corrected chi connectivity index (χ4v) is 2.52. The number of hydrogen-bond donors (Lipinski definition) is 0. The summed E-state index contributed by atoms with van der Waals surface area (Å²) in [6.07, 6.45) is 2.11. The third-order valence-corrected chi connectivity index (χ3v) is 3.57. The smallest absolute Gasteiger partial charge is 0.316 e. The molecule has 1 atom stereocenters. The second-order valence-electron chi connectivity index (χ2n) is 5.12. The Morgan fingerprint density at radius 1 is 1.25 bits per heavy atom. The normalized spacial score (nSPS) is 13.8. The zero-order valence-corrected chi connectivity index (χ0v) is 12.2. The molecule has 106 valence electrons. The lowest BCUT2D eigenvalue weighted by Gasteiger charge is -2.28. The Bertz CT molecular complexity index is 572. The Morgan fingerprint density at radius 2 is 2.00 bits per heavy atom. The van der Waals surface area contributed by atoms with Crippen LogP contribution in [0.3, 0.4) is 0 Å². The Labute approximate surface area is 119 Å². The molecule has 0 saturated heterocycles. The van der Waals surface area contributed by atoms with Crippen molar-refractivity contribution >= 4 is 5.97 Å². The van der Waals surface area contributed by atoms with E-state index in [2.05, 4.69) is 0 Å². The first kappa shape index (κ1) is 14.4. The van der Waals surface area contributed by atoms with Crippen molar-refractivity contribution < 1.29 is 13.9 Å². The van der Waals surface area contributed by atoms with Gasteiger partial charge in [-0.15, -0.1) is 0 Å². The minimum Gasteiger partial charge on any atom is -0.469 e. The van der Waals surface area contributed by atoms with Gasteiger partial charge in [-0.3, -0.25) is 4.79 Å². The van der Waals surface area contributed by atoms with Crippen LogP contribution in [0.2, 0.25) is 0 Å². The first-order valence-electron chi connectivity index (χ1n) is 6.83. The van der Waals surface area contributed by atoms with Gasteiger partial charge in [-0.25, -0.2) is 0 Å². The van der Waals surface area contributed by atoms with Gasteiger partial charge in [0.2, 0.25) is 0 Å². The maximum Gasteiger partial charge on any atom is 0.316 e. The monoisotopic (exact) mass is 272 g/mol. The van der Waals surface area contributed by atoms with Crippen LogP contribution in [0.1, 0.15) is 30.7 Å². The minimum absolute atomic E-state index is 0.217. The summed E-state index contributed by atoms with van der Waals surface area (Å²) in [5.41, 5.74) is 1.32. The van der Waals surface area contributed by atoms with Crippen molar-refractivity contribution in [3.63, 3.8) is 0 Å². The Balaban J connectivity index is 2.43. The standard InChI is InChI=1S/C17H20O3/c1-4-19-16(18)17(3,12-14-9-7-11-20-14)15-10-6-5-8-13(15)2/h5-11H,4,12H2,1-3H3. The Kier molecular flexibility index (Phi) is 4.28. The van der Waals surface area contributed by atoms with Gasteiger partial charge in [0.05, 0.1) is 18.3 Å². The topological polar surface area (TPSA) is 39.4 Å². The highest BCUT2D eigenvalue weighted by atomic mass is 16.5. The van der Waals surface area contributed by atoms with Crippen LogP contribution in [0.4, 0.5) is 0 Å². The summed E-state index contributed by atoms with van der Waals surface area (Å²) in [6.45, 7) is 6.12. The van der Waals surface area contributed by atoms with Gasteiger partial charge in [-0.05, 0) is 44.0 Å². The van der Waals surface area contributed by atoms with Crippen LogP contribution < -0.4 is 0 Å². The second-order valence-corrected chi connectivity index (χ2v) is 5.12. The largest absolute Gasteiger partial charge is 0.469 e. The SMILES string of the molecule is CCOC(=O)C(C)(Cc1ccco1)c1ccccc1C. The van der Waals surface area contributed by atoms with Crippen molar-refractivity contribution in [2.45, 2.75) is 32.6 Å². The molecule has 0 aliphatic rings. The Morgan fingerprint density at radius 3 is 2.60 bits per heavy atom. The summed E-state index contributed by atoms with van der Waals surface area (Å²) in [7, 11) is 0. The van der Waals surface area contributed by atoms with Crippen molar-refractivity contribution in [1.29, 1.82) is 0 Å². The van der Waals surface area contributed by atoms with Crippen molar-refractivity contribution in [2.75, 3.05) is 6.61 Å². The molecule has 0 aliphatic carbocycles. The molecule has 0 N–H and O–H groups in total. The van der Waals surface area contributed by atoms with Crippen LogP contribution >= 0.6 is 0 Å². The number of aryl methyl sites for hydroxylation is 1. The first-order valence-corrected chi connectivity index (χ1v) is 6.83. The third kappa shape index (κ3) is 2.77. The highest BCUT2D eigenvalue weighted by molar-refractivity contribution is 5.83. The lowest BCUT2D eigenvalue weighted by atomic mass is 9.77. The molecule has 3 nitrogen and oxygen atoms in total. The summed E-state index contributed by atoms with van der Waals surface area (Å²) < 4.78 is 10.7. The average Bonchev–Trinajstić information content (AvgIpc) is 2.92. The van der Waals surface area contributed by atoms with Gasteiger partial charge in [0.15, 0.2) is 0 Å². The number of furan rings is 1. The van der Waals surface area contributed by atoms with Gasteiger partial charge in [0, 0.05) is 6.42 Å². The molecule has 1 heterocycles. The number of benzene rings is 1. The molecule has 2 aromatic rings. The lowest BCUT2D eigenvalue weighted by Crippen LogP contribution is -2.37. The quantitative estimate of drug-likeness (QED) is 0.780. The lowest BCUT2D eigenvalue weighted by molar-refractivity contribution is -0.149. The van der Waals surface area contributed by atoms with E-state index in [1.807, 2.05) is 57.2 Å². The van der Waals surface area contributed by atoms with Crippen molar-refractivity contribution in [3.05, 3.63) is 59.5 Å². The predicted molar refractivity (Wildman–Crippen MR) is 77.6 cm³/mol. The average molecular weight is 272 g/mol. The molecular formula is C17H20O3. The summed E-state index contributed by atoms with van der Waals surface area (Å²) in [4.78, 5) is 12.5. The first-order chi connectivity index (χ1) is 9.58. The molecule has 0 bridgehead atoms. The zero-order valence-electron chi connectivity index (χ0n) is 12.2. The number of carbonyl (C=O) groups excluding carboxylic acids is 1. The van der Waals surface area contributed by atoms with Gasteiger partial charge in [-0.2, -0.15) is 0 Å². The molecule has 20 heavy (non-hydrogen) atoms. The van der Waals surface area contributed by atoms with Crippen LogP contribution in [0, 0.1) is 6.92 Å². The van der Waals surface area contributed by atoms with E-state index in [0.29, 0.717) is 13.0 Å². The molecule has 0 radical (unpaired) electrons. The number of rotatable bonds is 5.